The summed E-state index contributed by atoms with van der Waals surface area (Å²) in [5.41, 5.74) is 2.64. The molecule has 170 valence electrons. The van der Waals surface area contributed by atoms with E-state index in [0.717, 1.165) is 0 Å². The zero-order chi connectivity index (χ0) is 23.9. The molecule has 0 aliphatic carbocycles. The summed E-state index contributed by atoms with van der Waals surface area (Å²) < 4.78 is 4.64. The molecule has 0 saturated carbocycles. The average Bonchev–Trinajstić information content (AvgIpc) is 3.27. The van der Waals surface area contributed by atoms with E-state index in [-0.39, 0.29) is 0 Å². The number of hydrogen-bond donors (Lipinski definition) is 0. The van der Waals surface area contributed by atoms with E-state index in [0.29, 0.717) is 12.1 Å². The monoisotopic (exact) mass is 640 g/mol. The third-order valence-corrected chi connectivity index (χ3v) is 16.6. The molecule has 4 aromatic rings. The number of nitrogens with zero attached hydrogens (tertiary/aromatic N) is 2. The van der Waals surface area contributed by atoms with Crippen LogP contribution in [0.4, 0.5) is 11.4 Å². The van der Waals surface area contributed by atoms with Gasteiger partial charge in [-0.05, 0) is 39.8 Å². The molecular weight excluding hydrogens is 606 g/mol. The van der Waals surface area contributed by atoms with E-state index in [2.05, 4.69) is 160 Å². The Morgan fingerprint density at radius 2 is 0.765 bits per heavy atom. The summed E-state index contributed by atoms with van der Waals surface area (Å²) in [6, 6.07) is 42.6. The van der Waals surface area contributed by atoms with Gasteiger partial charge in [-0.15, -0.1) is 0 Å². The molecule has 1 aliphatic heterocycles. The summed E-state index contributed by atoms with van der Waals surface area (Å²) in [5, 5.41) is 0. The molecule has 0 fully saturated rings. The molecule has 0 atom stereocenters. The zero-order valence-electron chi connectivity index (χ0n) is 20.6. The summed E-state index contributed by atoms with van der Waals surface area (Å²) in [6.07, 6.45) is 0. The number of anilines is 2. The van der Waals surface area contributed by atoms with Crippen molar-refractivity contribution in [3.63, 3.8) is 0 Å². The van der Waals surface area contributed by atoms with E-state index >= 15 is 0 Å². The second-order valence-electron chi connectivity index (χ2n) is 9.08. The van der Waals surface area contributed by atoms with Crippen LogP contribution in [0.15, 0.2) is 115 Å². The molecule has 0 aromatic heterocycles. The van der Waals surface area contributed by atoms with Crippen molar-refractivity contribution < 1.29 is 0 Å². The molecule has 1 aliphatic rings. The van der Waals surface area contributed by atoms with Crippen molar-refractivity contribution in [1.29, 1.82) is 0 Å². The Morgan fingerprint density at radius 1 is 0.471 bits per heavy atom. The van der Waals surface area contributed by atoms with Crippen LogP contribution in [0.2, 0.25) is 0 Å². The standard InChI is InChI=1S/C12H18BN2.3C6H5.Pb/c1-9(2)14-11-7-5-6-8-12(11)15(13-14)10(3)4;3*1-2-4-6-5-3-1;/h5-10H,1-4H3;3*1-5H;. The molecule has 0 amide bonds. The summed E-state index contributed by atoms with van der Waals surface area (Å²) >= 11 is -2.17. The molecule has 0 saturated heterocycles. The van der Waals surface area contributed by atoms with Crippen LogP contribution in [0, 0.1) is 0 Å². The van der Waals surface area contributed by atoms with Gasteiger partial charge >= 0.3 is 131 Å². The van der Waals surface area contributed by atoms with Crippen LogP contribution < -0.4 is 19.0 Å². The van der Waals surface area contributed by atoms with Crippen LogP contribution in [0.1, 0.15) is 27.7 Å². The fraction of sp³-hybridized carbons (Fsp3) is 0.200. The van der Waals surface area contributed by atoms with Gasteiger partial charge in [-0.1, -0.05) is 12.1 Å². The Bertz CT molecular complexity index is 1020. The van der Waals surface area contributed by atoms with Crippen molar-refractivity contribution >= 4 is 51.0 Å². The summed E-state index contributed by atoms with van der Waals surface area (Å²) in [5.74, 6) is 0. The fourth-order valence-corrected chi connectivity index (χ4v) is 14.3. The average molecular weight is 640 g/mol. The summed E-state index contributed by atoms with van der Waals surface area (Å²) in [7, 11) is 2.22. The number of rotatable bonds is 5. The maximum atomic E-state index is 2.33. The van der Waals surface area contributed by atoms with Gasteiger partial charge < -0.3 is 9.62 Å². The Kier molecular flexibility index (Phi) is 8.49. The van der Waals surface area contributed by atoms with Gasteiger partial charge in [0.2, 0.25) is 0 Å². The predicted molar refractivity (Wildman–Crippen MR) is 151 cm³/mol. The Morgan fingerprint density at radius 3 is 1.06 bits per heavy atom. The minimum atomic E-state index is -2.17. The van der Waals surface area contributed by atoms with E-state index < -0.39 is 22.7 Å². The third-order valence-electron chi connectivity index (χ3n) is 5.99. The van der Waals surface area contributed by atoms with Crippen LogP contribution in [0.5, 0.6) is 0 Å². The maximum absolute atomic E-state index is 2.33. The van der Waals surface area contributed by atoms with Crippen LogP contribution in [-0.4, -0.2) is 42.3 Å². The van der Waals surface area contributed by atoms with Gasteiger partial charge in [0.1, 0.15) is 0 Å². The molecule has 0 bridgehead atoms. The summed E-state index contributed by atoms with van der Waals surface area (Å²) in [4.78, 5) is 4.66. The van der Waals surface area contributed by atoms with Crippen molar-refractivity contribution in [2.45, 2.75) is 39.8 Å². The molecule has 0 unspecified atom stereocenters. The quantitative estimate of drug-likeness (QED) is 0.288. The van der Waals surface area contributed by atoms with Crippen molar-refractivity contribution in [3.05, 3.63) is 115 Å². The van der Waals surface area contributed by atoms with Crippen LogP contribution in [0.3, 0.4) is 0 Å². The van der Waals surface area contributed by atoms with E-state index in [1.54, 1.807) is 9.37 Å². The van der Waals surface area contributed by atoms with Crippen molar-refractivity contribution in [1.82, 2.24) is 0 Å². The zero-order valence-corrected chi connectivity index (χ0v) is 24.5. The predicted octanol–water partition coefficient (Wildman–Crippen LogP) is 4.87. The van der Waals surface area contributed by atoms with E-state index in [1.807, 2.05) is 0 Å². The Labute approximate surface area is 214 Å². The van der Waals surface area contributed by atoms with Crippen LogP contribution in [0.25, 0.3) is 0 Å². The molecule has 4 heteroatoms. The number of para-hydroxylation sites is 2. The first kappa shape index (κ1) is 24.6. The van der Waals surface area contributed by atoms with Gasteiger partial charge in [0, 0.05) is 23.5 Å². The van der Waals surface area contributed by atoms with Crippen molar-refractivity contribution in [2.24, 2.45) is 0 Å². The first-order valence-corrected chi connectivity index (χ1v) is 17.9. The number of hydrogen-bond acceptors (Lipinski definition) is 2. The van der Waals surface area contributed by atoms with Gasteiger partial charge in [-0.25, -0.2) is 0 Å². The van der Waals surface area contributed by atoms with Crippen LogP contribution in [-0.2, 0) is 0 Å². The van der Waals surface area contributed by atoms with E-state index in [1.165, 1.54) is 11.4 Å². The molecular formula is C30H33BN2Pb. The van der Waals surface area contributed by atoms with Crippen molar-refractivity contribution in [3.8, 4) is 0 Å². The van der Waals surface area contributed by atoms with E-state index in [4.69, 9.17) is 0 Å². The second-order valence-corrected chi connectivity index (χ2v) is 18.7. The first-order valence-electron chi connectivity index (χ1n) is 12.1. The molecule has 4 aromatic carbocycles. The molecule has 2 nitrogen and oxygen atoms in total. The van der Waals surface area contributed by atoms with Gasteiger partial charge in [0.25, 0.3) is 0 Å². The topological polar surface area (TPSA) is 6.48 Å². The SMILES string of the molecule is CC(C)N1[B]N(C(C)C)c2ccccc21.c1cc[c]([Pb]([c]2ccccc2)[c]2ccccc2)cc1. The molecule has 5 rings (SSSR count). The molecule has 0 spiro atoms. The normalized spacial score (nSPS) is 12.4. The van der Waals surface area contributed by atoms with Gasteiger partial charge in [0.15, 0.2) is 0 Å². The molecule has 0 N–H and O–H groups in total. The Hall–Kier alpha value is -2.53. The molecule has 2 radical (unpaired) electrons. The Balaban J connectivity index is 0.000000166. The fourth-order valence-electron chi connectivity index (χ4n) is 4.30. The number of fused-ring (bicyclic) bond motifs is 1. The minimum absolute atomic E-state index is 0.509. The third kappa shape index (κ3) is 5.75. The molecule has 1 heterocycles. The van der Waals surface area contributed by atoms with E-state index in [9.17, 15) is 0 Å². The second kappa shape index (κ2) is 11.7. The number of benzene rings is 4. The van der Waals surface area contributed by atoms with Gasteiger partial charge in [0.05, 0.1) is 0 Å². The van der Waals surface area contributed by atoms with Crippen molar-refractivity contribution in [2.75, 3.05) is 9.62 Å². The summed E-state index contributed by atoms with van der Waals surface area (Å²) in [6.45, 7) is 8.88. The van der Waals surface area contributed by atoms with Crippen LogP contribution >= 0.6 is 0 Å². The first-order chi connectivity index (χ1) is 16.6. The van der Waals surface area contributed by atoms with Gasteiger partial charge in [-0.3, -0.25) is 0 Å². The van der Waals surface area contributed by atoms with Gasteiger partial charge in [-0.2, -0.15) is 0 Å². The molecule has 34 heavy (non-hydrogen) atoms.